The number of benzene rings is 1. The van der Waals surface area contributed by atoms with Crippen LogP contribution in [0.5, 0.6) is 0 Å². The van der Waals surface area contributed by atoms with Gasteiger partial charge in [0.05, 0.1) is 17.5 Å². The molecule has 0 spiro atoms. The van der Waals surface area contributed by atoms with E-state index in [9.17, 15) is 19.8 Å². The number of nitrogens with two attached hydrogens (primary N) is 1. The number of aromatic nitrogens is 2. The van der Waals surface area contributed by atoms with Crippen LogP contribution in [0.2, 0.25) is 0 Å². The highest BCUT2D eigenvalue weighted by molar-refractivity contribution is 5.93. The number of carbonyl (C=O) groups is 2. The average molecular weight is 380 g/mol. The molecule has 0 unspecified atom stereocenters. The monoisotopic (exact) mass is 380 g/mol. The predicted octanol–water partition coefficient (Wildman–Crippen LogP) is -0.105. The van der Waals surface area contributed by atoms with Crippen LogP contribution < -0.4 is 5.73 Å². The summed E-state index contributed by atoms with van der Waals surface area (Å²) in [5.74, 6) is 4.47. The largest absolute Gasteiger partial charge is 0.388 e. The number of hydrogen-bond donors (Lipinski definition) is 3. The molecule has 1 aromatic heterocycles. The molecule has 1 fully saturated rings. The van der Waals surface area contributed by atoms with Crippen molar-refractivity contribution in [2.75, 3.05) is 13.6 Å². The molecule has 28 heavy (non-hydrogen) atoms. The number of hydrogen-bond acceptors (Lipinski definition) is 5. The predicted molar refractivity (Wildman–Crippen MR) is 99.4 cm³/mol. The van der Waals surface area contributed by atoms with Gasteiger partial charge in [-0.2, -0.15) is 5.10 Å². The lowest BCUT2D eigenvalue weighted by Crippen LogP contribution is -2.37. The van der Waals surface area contributed by atoms with Gasteiger partial charge in [0.1, 0.15) is 0 Å². The van der Waals surface area contributed by atoms with Crippen molar-refractivity contribution in [2.45, 2.75) is 31.0 Å². The first-order valence-corrected chi connectivity index (χ1v) is 9.01. The summed E-state index contributed by atoms with van der Waals surface area (Å²) in [6, 6.07) is 7.09. The quantitative estimate of drug-likeness (QED) is 0.628. The Morgan fingerprint density at radius 3 is 2.89 bits per heavy atom. The van der Waals surface area contributed by atoms with E-state index in [1.165, 1.54) is 4.90 Å². The number of fused-ring (bicyclic) bond motifs is 1. The van der Waals surface area contributed by atoms with E-state index < -0.39 is 23.5 Å². The summed E-state index contributed by atoms with van der Waals surface area (Å²) < 4.78 is 1.60. The number of likely N-dealkylation sites (N-methyl/N-ethyl adjacent to an activating group) is 1. The lowest BCUT2D eigenvalue weighted by atomic mass is 10.0. The van der Waals surface area contributed by atoms with Crippen LogP contribution in [-0.4, -0.2) is 55.9 Å². The Morgan fingerprint density at radius 2 is 2.21 bits per heavy atom. The van der Waals surface area contributed by atoms with Gasteiger partial charge in [-0.15, -0.1) is 0 Å². The lowest BCUT2D eigenvalue weighted by molar-refractivity contribution is -0.137. The van der Waals surface area contributed by atoms with Crippen molar-refractivity contribution in [1.82, 2.24) is 14.7 Å². The number of nitrogens with zero attached hydrogens (tertiary/aromatic N) is 3. The average Bonchev–Trinajstić information content (AvgIpc) is 3.31. The fourth-order valence-electron chi connectivity index (χ4n) is 3.73. The smallest absolute Gasteiger partial charge is 0.269 e. The standard InChI is InChI=1S/C20H20N4O4/c1-23-10-9-20(28,19(23)27)8-7-12-3-2-4-13(11-12)24-14-5-6-15(25)16(14)17(22-24)18(21)26/h2-4,11,15,25,28H,5-6,9-10H2,1H3,(H2,21,26)/t15-,20+/m1/s1. The first-order valence-electron chi connectivity index (χ1n) is 9.01. The summed E-state index contributed by atoms with van der Waals surface area (Å²) >= 11 is 0. The molecule has 8 heteroatoms. The van der Waals surface area contributed by atoms with Gasteiger partial charge >= 0.3 is 0 Å². The summed E-state index contributed by atoms with van der Waals surface area (Å²) in [6.45, 7) is 0.460. The highest BCUT2D eigenvalue weighted by Gasteiger charge is 2.42. The van der Waals surface area contributed by atoms with Crippen LogP contribution in [0.4, 0.5) is 0 Å². The summed E-state index contributed by atoms with van der Waals surface area (Å²) in [5.41, 5.74) is 6.31. The maximum absolute atomic E-state index is 12.1. The highest BCUT2D eigenvalue weighted by Crippen LogP contribution is 2.35. The number of carbonyl (C=O) groups excluding carboxylic acids is 2. The molecule has 0 saturated carbocycles. The van der Waals surface area contributed by atoms with Crippen molar-refractivity contribution in [3.63, 3.8) is 0 Å². The van der Waals surface area contributed by atoms with Gasteiger partial charge in [-0.1, -0.05) is 17.9 Å². The Morgan fingerprint density at radius 1 is 1.43 bits per heavy atom. The van der Waals surface area contributed by atoms with Gasteiger partial charge in [-0.3, -0.25) is 9.59 Å². The Hall–Kier alpha value is -3.15. The zero-order valence-corrected chi connectivity index (χ0v) is 15.3. The van der Waals surface area contributed by atoms with Crippen LogP contribution in [0.3, 0.4) is 0 Å². The minimum absolute atomic E-state index is 0.0744. The third-order valence-electron chi connectivity index (χ3n) is 5.26. The molecule has 4 N–H and O–H groups in total. The van der Waals surface area contributed by atoms with Gasteiger partial charge in [-0.05, 0) is 31.0 Å². The van der Waals surface area contributed by atoms with Crippen molar-refractivity contribution >= 4 is 11.8 Å². The summed E-state index contributed by atoms with van der Waals surface area (Å²) in [5, 5.41) is 24.9. The third kappa shape index (κ3) is 2.85. The summed E-state index contributed by atoms with van der Waals surface area (Å²) in [7, 11) is 1.63. The Kier molecular flexibility index (Phi) is 4.22. The summed E-state index contributed by atoms with van der Waals surface area (Å²) in [6.07, 6.45) is 0.596. The minimum Gasteiger partial charge on any atom is -0.388 e. The lowest BCUT2D eigenvalue weighted by Gasteiger charge is -2.13. The number of primary amides is 1. The van der Waals surface area contributed by atoms with E-state index in [0.717, 1.165) is 5.69 Å². The fraction of sp³-hybridized carbons (Fsp3) is 0.350. The van der Waals surface area contributed by atoms with Crippen molar-refractivity contribution in [2.24, 2.45) is 5.73 Å². The highest BCUT2D eigenvalue weighted by atomic mass is 16.3. The molecule has 1 aliphatic heterocycles. The number of aliphatic hydroxyl groups is 2. The molecule has 1 aromatic carbocycles. The zero-order valence-electron chi connectivity index (χ0n) is 15.3. The van der Waals surface area contributed by atoms with E-state index in [1.54, 1.807) is 36.0 Å². The number of likely N-dealkylation sites (tertiary alicyclic amines) is 1. The van der Waals surface area contributed by atoms with E-state index in [1.807, 2.05) is 0 Å². The molecule has 2 atom stereocenters. The van der Waals surface area contributed by atoms with Gasteiger partial charge in [0.2, 0.25) is 5.60 Å². The van der Waals surface area contributed by atoms with Crippen LogP contribution in [0, 0.1) is 11.8 Å². The van der Waals surface area contributed by atoms with Gasteiger partial charge in [0.25, 0.3) is 11.8 Å². The minimum atomic E-state index is -1.67. The molecule has 2 amide bonds. The van der Waals surface area contributed by atoms with Crippen LogP contribution in [-0.2, 0) is 11.2 Å². The van der Waals surface area contributed by atoms with Crippen molar-refractivity contribution < 1.29 is 19.8 Å². The Balaban J connectivity index is 1.71. The second-order valence-electron chi connectivity index (χ2n) is 7.18. The maximum Gasteiger partial charge on any atom is 0.269 e. The number of amides is 2. The molecule has 4 rings (SSSR count). The van der Waals surface area contributed by atoms with Crippen LogP contribution >= 0.6 is 0 Å². The molecule has 8 nitrogen and oxygen atoms in total. The van der Waals surface area contributed by atoms with Crippen molar-refractivity contribution in [3.8, 4) is 17.5 Å². The van der Waals surface area contributed by atoms with E-state index in [0.29, 0.717) is 36.2 Å². The number of rotatable bonds is 2. The molecule has 2 heterocycles. The van der Waals surface area contributed by atoms with Gasteiger partial charge in [-0.25, -0.2) is 4.68 Å². The molecular weight excluding hydrogens is 360 g/mol. The molecule has 1 aliphatic carbocycles. The van der Waals surface area contributed by atoms with Gasteiger partial charge in [0.15, 0.2) is 5.69 Å². The van der Waals surface area contributed by atoms with Gasteiger partial charge < -0.3 is 20.8 Å². The Labute approximate surface area is 161 Å². The van der Waals surface area contributed by atoms with E-state index >= 15 is 0 Å². The topological polar surface area (TPSA) is 122 Å². The molecular formula is C20H20N4O4. The second-order valence-corrected chi connectivity index (χ2v) is 7.18. The molecule has 2 aromatic rings. The molecule has 0 bridgehead atoms. The first-order chi connectivity index (χ1) is 13.3. The SMILES string of the molecule is CN1CC[C@@](O)(C#Cc2cccc(-n3nc(C(N)=O)c4c3CC[C@H]4O)c2)C1=O. The molecule has 144 valence electrons. The second kappa shape index (κ2) is 6.48. The maximum atomic E-state index is 12.1. The molecule has 0 radical (unpaired) electrons. The normalized spacial score (nSPS) is 23.5. The molecule has 2 aliphatic rings. The zero-order chi connectivity index (χ0) is 20.1. The van der Waals surface area contributed by atoms with Crippen LogP contribution in [0.25, 0.3) is 5.69 Å². The third-order valence-corrected chi connectivity index (χ3v) is 5.26. The van der Waals surface area contributed by atoms with E-state index in [2.05, 4.69) is 16.9 Å². The molecule has 1 saturated heterocycles. The van der Waals surface area contributed by atoms with Crippen LogP contribution in [0.1, 0.15) is 46.3 Å². The van der Waals surface area contributed by atoms with Crippen molar-refractivity contribution in [3.05, 3.63) is 46.8 Å². The van der Waals surface area contributed by atoms with Gasteiger partial charge in [0, 0.05) is 31.1 Å². The first kappa shape index (κ1) is 18.2. The fourth-order valence-corrected chi connectivity index (χ4v) is 3.73. The van der Waals surface area contributed by atoms with Crippen LogP contribution in [0.15, 0.2) is 24.3 Å². The Bertz CT molecular complexity index is 1050. The van der Waals surface area contributed by atoms with E-state index in [-0.39, 0.29) is 12.1 Å². The van der Waals surface area contributed by atoms with Crippen molar-refractivity contribution in [1.29, 1.82) is 0 Å². The summed E-state index contributed by atoms with van der Waals surface area (Å²) in [4.78, 5) is 25.2. The van der Waals surface area contributed by atoms with E-state index in [4.69, 9.17) is 5.73 Å². The number of aliphatic hydroxyl groups excluding tert-OH is 1.